The average molecular weight is 471 g/mol. The molecule has 2 aromatic carbocycles. The Hall–Kier alpha value is -2.77. The fourth-order valence-corrected chi connectivity index (χ4v) is 4.60. The van der Waals surface area contributed by atoms with Crippen molar-refractivity contribution in [3.8, 4) is 0 Å². The van der Waals surface area contributed by atoms with Gasteiger partial charge < -0.3 is 5.32 Å². The van der Waals surface area contributed by atoms with Gasteiger partial charge in [-0.05, 0) is 43.1 Å². The second-order valence-corrected chi connectivity index (χ2v) is 8.84. The summed E-state index contributed by atoms with van der Waals surface area (Å²) in [6, 6.07) is 15.4. The molecule has 8 heteroatoms. The second-order valence-electron chi connectivity index (χ2n) is 8.40. The molecule has 174 valence electrons. The molecule has 6 nitrogen and oxygen atoms in total. The molecule has 0 spiro atoms. The Labute approximate surface area is 197 Å². The molecule has 0 bridgehead atoms. The van der Waals surface area contributed by atoms with E-state index in [-0.39, 0.29) is 24.1 Å². The molecular weight excluding hydrogens is 443 g/mol. The Bertz CT molecular complexity index is 1170. The summed E-state index contributed by atoms with van der Waals surface area (Å²) in [6.07, 6.45) is 2.87. The van der Waals surface area contributed by atoms with E-state index in [9.17, 15) is 14.0 Å². The van der Waals surface area contributed by atoms with Crippen LogP contribution in [-0.4, -0.2) is 52.9 Å². The molecule has 0 aliphatic carbocycles. The number of hydrogen-bond donors (Lipinski definition) is 1. The molecule has 1 aliphatic rings. The third-order valence-corrected chi connectivity index (χ3v) is 6.41. The molecule has 0 unspecified atom stereocenters. The van der Waals surface area contributed by atoms with Crippen molar-refractivity contribution in [1.29, 1.82) is 0 Å². The van der Waals surface area contributed by atoms with Gasteiger partial charge in [-0.25, -0.2) is 9.07 Å². The number of amides is 1. The van der Waals surface area contributed by atoms with E-state index in [4.69, 9.17) is 16.7 Å². The molecule has 1 N–H and O–H groups in total. The number of halogens is 2. The Morgan fingerprint density at radius 3 is 2.67 bits per heavy atom. The van der Waals surface area contributed by atoms with Gasteiger partial charge in [0.1, 0.15) is 6.67 Å². The minimum Gasteiger partial charge on any atom is -0.353 e. The van der Waals surface area contributed by atoms with Gasteiger partial charge in [-0.1, -0.05) is 41.9 Å². The maximum Gasteiger partial charge on any atom is 0.274 e. The molecule has 4 rings (SSSR count). The van der Waals surface area contributed by atoms with Crippen LogP contribution in [-0.2, 0) is 17.8 Å². The van der Waals surface area contributed by atoms with E-state index >= 15 is 0 Å². The molecule has 1 fully saturated rings. The molecule has 0 radical (unpaired) electrons. The van der Waals surface area contributed by atoms with Crippen LogP contribution in [0.15, 0.2) is 53.3 Å². The summed E-state index contributed by atoms with van der Waals surface area (Å²) in [5.41, 5.74) is 1.82. The Balaban J connectivity index is 1.55. The Morgan fingerprint density at radius 2 is 1.91 bits per heavy atom. The zero-order valence-corrected chi connectivity index (χ0v) is 19.2. The number of likely N-dealkylation sites (tertiary alicyclic amines) is 1. The average Bonchev–Trinajstić information content (AvgIpc) is 3.27. The molecule has 3 aromatic rings. The molecule has 1 saturated heterocycles. The highest BCUT2D eigenvalue weighted by atomic mass is 35.5. The van der Waals surface area contributed by atoms with Gasteiger partial charge >= 0.3 is 0 Å². The summed E-state index contributed by atoms with van der Waals surface area (Å²) in [5, 5.41) is 9.55. The number of carbonyl (C=O) groups excluding carboxylic acids is 1. The molecular formula is C25H28ClFN4O2. The van der Waals surface area contributed by atoms with Crippen molar-refractivity contribution in [1.82, 2.24) is 20.0 Å². The highest BCUT2D eigenvalue weighted by molar-refractivity contribution is 6.30. The van der Waals surface area contributed by atoms with Gasteiger partial charge in [0, 0.05) is 42.4 Å². The molecule has 1 aliphatic heterocycles. The van der Waals surface area contributed by atoms with Crippen LogP contribution < -0.4 is 10.9 Å². The van der Waals surface area contributed by atoms with Crippen LogP contribution in [0.4, 0.5) is 4.39 Å². The predicted molar refractivity (Wildman–Crippen MR) is 128 cm³/mol. The second kappa shape index (κ2) is 10.9. The molecule has 1 aromatic heterocycles. The van der Waals surface area contributed by atoms with Crippen LogP contribution in [0, 0.1) is 0 Å². The maximum absolute atomic E-state index is 13.2. The van der Waals surface area contributed by atoms with Gasteiger partial charge in [-0.2, -0.15) is 5.10 Å². The molecule has 1 amide bonds. The highest BCUT2D eigenvalue weighted by Crippen LogP contribution is 2.21. The summed E-state index contributed by atoms with van der Waals surface area (Å²) in [5.74, 6) is -0.149. The lowest BCUT2D eigenvalue weighted by Gasteiger charge is -2.24. The van der Waals surface area contributed by atoms with E-state index in [1.807, 2.05) is 48.5 Å². The number of aromatic nitrogens is 2. The first-order valence-corrected chi connectivity index (χ1v) is 11.7. The maximum atomic E-state index is 13.2. The normalized spacial score (nSPS) is 16.4. The van der Waals surface area contributed by atoms with E-state index < -0.39 is 6.67 Å². The van der Waals surface area contributed by atoms with Crippen molar-refractivity contribution in [2.45, 2.75) is 38.3 Å². The van der Waals surface area contributed by atoms with Crippen LogP contribution in [0.25, 0.3) is 10.8 Å². The lowest BCUT2D eigenvalue weighted by molar-refractivity contribution is -0.121. The van der Waals surface area contributed by atoms with Gasteiger partial charge in [-0.3, -0.25) is 14.5 Å². The summed E-state index contributed by atoms with van der Waals surface area (Å²) in [7, 11) is 0. The molecule has 33 heavy (non-hydrogen) atoms. The van der Waals surface area contributed by atoms with E-state index in [1.165, 1.54) is 0 Å². The van der Waals surface area contributed by atoms with Crippen molar-refractivity contribution in [3.05, 3.63) is 75.2 Å². The zero-order chi connectivity index (χ0) is 23.2. The van der Waals surface area contributed by atoms with Crippen LogP contribution in [0.3, 0.4) is 0 Å². The number of fused-ring (bicyclic) bond motifs is 1. The number of alkyl halides is 1. The predicted octanol–water partition coefficient (Wildman–Crippen LogP) is 3.58. The summed E-state index contributed by atoms with van der Waals surface area (Å²) in [6.45, 7) is 1.43. The van der Waals surface area contributed by atoms with Crippen molar-refractivity contribution >= 4 is 28.3 Å². The first-order valence-electron chi connectivity index (χ1n) is 11.3. The number of hydrogen-bond acceptors (Lipinski definition) is 4. The summed E-state index contributed by atoms with van der Waals surface area (Å²) in [4.78, 5) is 27.3. The van der Waals surface area contributed by atoms with Gasteiger partial charge in [-0.15, -0.1) is 0 Å². The highest BCUT2D eigenvalue weighted by Gasteiger charge is 2.26. The van der Waals surface area contributed by atoms with Crippen LogP contribution >= 0.6 is 11.6 Å². The van der Waals surface area contributed by atoms with Crippen molar-refractivity contribution < 1.29 is 9.18 Å². The van der Waals surface area contributed by atoms with E-state index in [2.05, 4.69) is 10.2 Å². The first-order chi connectivity index (χ1) is 16.0. The third kappa shape index (κ3) is 5.78. The summed E-state index contributed by atoms with van der Waals surface area (Å²) < 4.78 is 13.8. The zero-order valence-electron chi connectivity index (χ0n) is 18.5. The number of carbonyl (C=O) groups is 1. The number of nitrogens with one attached hydrogen (secondary N) is 1. The minimum absolute atomic E-state index is 0.0507. The van der Waals surface area contributed by atoms with Gasteiger partial charge in [0.25, 0.3) is 5.56 Å². The fraction of sp³-hybridized carbons (Fsp3) is 0.400. The lowest BCUT2D eigenvalue weighted by atomic mass is 10.0. The summed E-state index contributed by atoms with van der Waals surface area (Å²) >= 11 is 6.03. The number of benzene rings is 2. The van der Waals surface area contributed by atoms with E-state index in [0.29, 0.717) is 36.3 Å². The van der Waals surface area contributed by atoms with Gasteiger partial charge in [0.05, 0.1) is 17.6 Å². The standard InChI is InChI=1S/C25H28ClFN4O2/c26-19-9-7-18(8-10-19)16-23-21-5-1-2-6-22(21)25(33)31(29-23)17-20-4-3-14-30(20)15-11-24(32)28-13-12-27/h1-2,5-10,20H,3-4,11-17H2,(H,28,32)/t20-/m1/s1. The molecule has 1 atom stereocenters. The van der Waals surface area contributed by atoms with Crippen molar-refractivity contribution in [2.24, 2.45) is 0 Å². The lowest BCUT2D eigenvalue weighted by Crippen LogP contribution is -2.39. The third-order valence-electron chi connectivity index (χ3n) is 6.15. The monoisotopic (exact) mass is 470 g/mol. The largest absolute Gasteiger partial charge is 0.353 e. The smallest absolute Gasteiger partial charge is 0.274 e. The van der Waals surface area contributed by atoms with Crippen LogP contribution in [0.2, 0.25) is 5.02 Å². The molecule has 2 heterocycles. The quantitative estimate of drug-likeness (QED) is 0.519. The van der Waals surface area contributed by atoms with E-state index in [0.717, 1.165) is 36.0 Å². The topological polar surface area (TPSA) is 67.2 Å². The van der Waals surface area contributed by atoms with Gasteiger partial charge in [0.2, 0.25) is 5.91 Å². The minimum atomic E-state index is -0.563. The number of rotatable bonds is 9. The van der Waals surface area contributed by atoms with Crippen molar-refractivity contribution in [3.63, 3.8) is 0 Å². The van der Waals surface area contributed by atoms with E-state index in [1.54, 1.807) is 4.68 Å². The van der Waals surface area contributed by atoms with Crippen molar-refractivity contribution in [2.75, 3.05) is 26.3 Å². The van der Waals surface area contributed by atoms with Gasteiger partial charge in [0.15, 0.2) is 0 Å². The van der Waals surface area contributed by atoms with Crippen LogP contribution in [0.1, 0.15) is 30.5 Å². The number of nitrogens with zero attached hydrogens (tertiary/aromatic N) is 3. The Kier molecular flexibility index (Phi) is 7.73. The van der Waals surface area contributed by atoms with Crippen LogP contribution in [0.5, 0.6) is 0 Å². The Morgan fingerprint density at radius 1 is 1.15 bits per heavy atom. The SMILES string of the molecule is O=C(CCN1CCC[C@@H]1Cn1nc(Cc2ccc(Cl)cc2)c2ccccc2c1=O)NCCF. The fourth-order valence-electron chi connectivity index (χ4n) is 4.47. The molecule has 0 saturated carbocycles. The first kappa shape index (κ1) is 23.4.